The summed E-state index contributed by atoms with van der Waals surface area (Å²) in [4.78, 5) is 3.03. The molecular weight excluding hydrogens is 230 g/mol. The van der Waals surface area contributed by atoms with E-state index in [-0.39, 0.29) is 6.04 Å². The van der Waals surface area contributed by atoms with Crippen molar-refractivity contribution in [2.24, 2.45) is 11.7 Å². The maximum absolute atomic E-state index is 6.44. The number of fused-ring (bicyclic) bond motifs is 1. The number of hydrogen-bond acceptors (Lipinski definition) is 3. The third kappa shape index (κ3) is 2.42. The smallest absolute Gasteiger partial charge is 0.0469 e. The molecule has 0 radical (unpaired) electrons. The van der Waals surface area contributed by atoms with Gasteiger partial charge in [-0.25, -0.2) is 0 Å². The average molecular weight is 251 g/mol. The predicted molar refractivity (Wildman–Crippen MR) is 71.4 cm³/mol. The minimum Gasteiger partial charge on any atom is -0.381 e. The molecule has 3 heteroatoms. The highest BCUT2D eigenvalue weighted by Gasteiger charge is 2.25. The van der Waals surface area contributed by atoms with Crippen LogP contribution in [0.15, 0.2) is 6.07 Å². The summed E-state index contributed by atoms with van der Waals surface area (Å²) < 4.78 is 5.41. The van der Waals surface area contributed by atoms with E-state index in [0.717, 1.165) is 26.1 Å². The summed E-state index contributed by atoms with van der Waals surface area (Å²) in [7, 11) is 0. The number of nitrogens with two attached hydrogens (primary N) is 1. The lowest BCUT2D eigenvalue weighted by Crippen LogP contribution is -2.26. The predicted octanol–water partition coefficient (Wildman–Crippen LogP) is 3.05. The molecule has 1 aromatic heterocycles. The summed E-state index contributed by atoms with van der Waals surface area (Å²) >= 11 is 1.97. The molecule has 1 unspecified atom stereocenters. The van der Waals surface area contributed by atoms with E-state index < -0.39 is 0 Å². The van der Waals surface area contributed by atoms with Crippen molar-refractivity contribution in [3.8, 4) is 0 Å². The largest absolute Gasteiger partial charge is 0.381 e. The van der Waals surface area contributed by atoms with Crippen molar-refractivity contribution < 1.29 is 4.74 Å². The first-order chi connectivity index (χ1) is 8.34. The molecule has 1 aliphatic carbocycles. The fourth-order valence-electron chi connectivity index (χ4n) is 2.99. The zero-order valence-corrected chi connectivity index (χ0v) is 11.1. The topological polar surface area (TPSA) is 35.2 Å². The Hall–Kier alpha value is -0.380. The molecule has 1 fully saturated rings. The SMILES string of the molecule is NC(c1cc2c(s1)CCCC2)C1CCOCC1. The van der Waals surface area contributed by atoms with E-state index in [2.05, 4.69) is 6.07 Å². The zero-order valence-electron chi connectivity index (χ0n) is 10.3. The van der Waals surface area contributed by atoms with Gasteiger partial charge in [0.2, 0.25) is 0 Å². The first-order valence-electron chi connectivity index (χ1n) is 6.79. The van der Waals surface area contributed by atoms with Crippen LogP contribution in [0.5, 0.6) is 0 Å². The second-order valence-electron chi connectivity index (χ2n) is 5.28. The average Bonchev–Trinajstić information content (AvgIpc) is 2.82. The van der Waals surface area contributed by atoms with Crippen LogP contribution in [-0.2, 0) is 17.6 Å². The van der Waals surface area contributed by atoms with Crippen molar-refractivity contribution in [2.75, 3.05) is 13.2 Å². The monoisotopic (exact) mass is 251 g/mol. The molecule has 2 N–H and O–H groups in total. The van der Waals surface area contributed by atoms with Gasteiger partial charge in [0, 0.05) is 29.0 Å². The van der Waals surface area contributed by atoms with Crippen molar-refractivity contribution in [1.29, 1.82) is 0 Å². The molecule has 0 saturated carbocycles. The molecule has 94 valence electrons. The Kier molecular flexibility index (Phi) is 3.50. The fraction of sp³-hybridized carbons (Fsp3) is 0.714. The second kappa shape index (κ2) is 5.09. The lowest BCUT2D eigenvalue weighted by atomic mass is 9.90. The Morgan fingerprint density at radius 3 is 2.76 bits per heavy atom. The molecule has 0 amide bonds. The molecule has 2 heterocycles. The van der Waals surface area contributed by atoms with E-state index in [1.807, 2.05) is 11.3 Å². The molecule has 2 aliphatic rings. The van der Waals surface area contributed by atoms with Gasteiger partial charge in [-0.1, -0.05) is 0 Å². The van der Waals surface area contributed by atoms with Gasteiger partial charge in [-0.05, 0) is 56.1 Å². The number of aryl methyl sites for hydroxylation is 2. The minimum atomic E-state index is 0.245. The number of rotatable bonds is 2. The van der Waals surface area contributed by atoms with Crippen LogP contribution >= 0.6 is 11.3 Å². The van der Waals surface area contributed by atoms with E-state index in [0.29, 0.717) is 5.92 Å². The van der Waals surface area contributed by atoms with E-state index in [1.165, 1.54) is 30.6 Å². The maximum atomic E-state index is 6.44. The van der Waals surface area contributed by atoms with E-state index in [4.69, 9.17) is 10.5 Å². The fourth-order valence-corrected chi connectivity index (χ4v) is 4.34. The van der Waals surface area contributed by atoms with E-state index >= 15 is 0 Å². The van der Waals surface area contributed by atoms with Crippen LogP contribution in [0, 0.1) is 5.92 Å². The molecule has 1 atom stereocenters. The molecule has 2 nitrogen and oxygen atoms in total. The Morgan fingerprint density at radius 2 is 2.00 bits per heavy atom. The molecule has 3 rings (SSSR count). The Labute approximate surface area is 107 Å². The Balaban J connectivity index is 1.76. The maximum Gasteiger partial charge on any atom is 0.0469 e. The van der Waals surface area contributed by atoms with Crippen molar-refractivity contribution in [3.05, 3.63) is 21.4 Å². The standard InChI is InChI=1S/C14H21NOS/c15-14(10-5-7-16-8-6-10)13-9-11-3-1-2-4-12(11)17-13/h9-10,14H,1-8,15H2. The summed E-state index contributed by atoms with van der Waals surface area (Å²) in [6, 6.07) is 2.63. The van der Waals surface area contributed by atoms with Crippen molar-refractivity contribution in [3.63, 3.8) is 0 Å². The highest BCUT2D eigenvalue weighted by molar-refractivity contribution is 7.12. The van der Waals surface area contributed by atoms with Gasteiger partial charge in [-0.3, -0.25) is 0 Å². The molecule has 0 bridgehead atoms. The summed E-state index contributed by atoms with van der Waals surface area (Å²) in [6.07, 6.45) is 7.52. The van der Waals surface area contributed by atoms with Crippen LogP contribution in [0.25, 0.3) is 0 Å². The lowest BCUT2D eigenvalue weighted by molar-refractivity contribution is 0.0587. The van der Waals surface area contributed by atoms with Crippen LogP contribution < -0.4 is 5.73 Å². The Bertz CT molecular complexity index is 358. The highest BCUT2D eigenvalue weighted by Crippen LogP contribution is 2.36. The van der Waals surface area contributed by atoms with Crippen LogP contribution in [-0.4, -0.2) is 13.2 Å². The van der Waals surface area contributed by atoms with Gasteiger partial charge >= 0.3 is 0 Å². The summed E-state index contributed by atoms with van der Waals surface area (Å²) in [6.45, 7) is 1.78. The first-order valence-corrected chi connectivity index (χ1v) is 7.61. The van der Waals surface area contributed by atoms with Gasteiger partial charge in [0.25, 0.3) is 0 Å². The second-order valence-corrected chi connectivity index (χ2v) is 6.45. The number of thiophene rings is 1. The van der Waals surface area contributed by atoms with Crippen molar-refractivity contribution in [1.82, 2.24) is 0 Å². The molecular formula is C14H21NOS. The molecule has 1 saturated heterocycles. The van der Waals surface area contributed by atoms with Gasteiger partial charge in [0.1, 0.15) is 0 Å². The molecule has 0 spiro atoms. The van der Waals surface area contributed by atoms with Crippen molar-refractivity contribution >= 4 is 11.3 Å². The van der Waals surface area contributed by atoms with Gasteiger partial charge in [0.15, 0.2) is 0 Å². The molecule has 17 heavy (non-hydrogen) atoms. The van der Waals surface area contributed by atoms with Crippen LogP contribution in [0.4, 0.5) is 0 Å². The summed E-state index contributed by atoms with van der Waals surface area (Å²) in [5, 5.41) is 0. The molecule has 1 aromatic rings. The molecule has 1 aliphatic heterocycles. The van der Waals surface area contributed by atoms with Crippen LogP contribution in [0.2, 0.25) is 0 Å². The molecule has 0 aromatic carbocycles. The first kappa shape index (κ1) is 11.7. The quantitative estimate of drug-likeness (QED) is 0.877. The van der Waals surface area contributed by atoms with Crippen molar-refractivity contribution in [2.45, 2.75) is 44.6 Å². The van der Waals surface area contributed by atoms with Crippen LogP contribution in [0.3, 0.4) is 0 Å². The summed E-state index contributed by atoms with van der Waals surface area (Å²) in [5.41, 5.74) is 8.02. The van der Waals surface area contributed by atoms with E-state index in [9.17, 15) is 0 Å². The summed E-state index contributed by atoms with van der Waals surface area (Å²) in [5.74, 6) is 0.629. The Morgan fingerprint density at radius 1 is 1.24 bits per heavy atom. The van der Waals surface area contributed by atoms with Crippen LogP contribution in [0.1, 0.15) is 47.0 Å². The number of hydrogen-bond donors (Lipinski definition) is 1. The van der Waals surface area contributed by atoms with Gasteiger partial charge in [-0.2, -0.15) is 0 Å². The van der Waals surface area contributed by atoms with Gasteiger partial charge < -0.3 is 10.5 Å². The normalized spacial score (nSPS) is 23.4. The highest BCUT2D eigenvalue weighted by atomic mass is 32.1. The third-order valence-electron chi connectivity index (χ3n) is 4.12. The minimum absolute atomic E-state index is 0.245. The zero-order chi connectivity index (χ0) is 11.7. The lowest BCUT2D eigenvalue weighted by Gasteiger charge is -2.26. The van der Waals surface area contributed by atoms with Gasteiger partial charge in [-0.15, -0.1) is 11.3 Å². The van der Waals surface area contributed by atoms with Gasteiger partial charge in [0.05, 0.1) is 0 Å². The number of ether oxygens (including phenoxy) is 1. The van der Waals surface area contributed by atoms with E-state index in [1.54, 1.807) is 10.4 Å². The third-order valence-corrected chi connectivity index (χ3v) is 5.46.